The lowest BCUT2D eigenvalue weighted by Gasteiger charge is -2.14. The Hall–Kier alpha value is -3.54. The summed E-state index contributed by atoms with van der Waals surface area (Å²) in [6.45, 7) is 3.51. The number of anilines is 2. The van der Waals surface area contributed by atoms with Gasteiger partial charge in [0, 0.05) is 17.3 Å². The molecular formula is C21H20N4O2. The van der Waals surface area contributed by atoms with Crippen LogP contribution in [0.5, 0.6) is 0 Å². The van der Waals surface area contributed by atoms with Crippen LogP contribution in [0, 0.1) is 0 Å². The van der Waals surface area contributed by atoms with Crippen LogP contribution < -0.4 is 10.6 Å². The van der Waals surface area contributed by atoms with E-state index in [4.69, 9.17) is 0 Å². The third-order valence-electron chi connectivity index (χ3n) is 4.08. The molecule has 0 saturated heterocycles. The number of carbonyl (C=O) groups excluding carboxylic acids is 2. The third kappa shape index (κ3) is 4.76. The highest BCUT2D eigenvalue weighted by Crippen LogP contribution is 2.17. The number of amides is 1. The molecule has 2 N–H and O–H groups in total. The Kier molecular flexibility index (Phi) is 5.56. The van der Waals surface area contributed by atoms with Crippen LogP contribution in [0.25, 0.3) is 0 Å². The van der Waals surface area contributed by atoms with Crippen LogP contribution in [-0.2, 0) is 0 Å². The van der Waals surface area contributed by atoms with Crippen LogP contribution in [0.15, 0.2) is 67.0 Å². The van der Waals surface area contributed by atoms with Crippen LogP contribution in [-0.4, -0.2) is 21.7 Å². The maximum atomic E-state index is 12.3. The van der Waals surface area contributed by atoms with E-state index in [-0.39, 0.29) is 23.4 Å². The van der Waals surface area contributed by atoms with Gasteiger partial charge in [0.1, 0.15) is 11.5 Å². The number of Topliss-reactive ketones (excluding diaryl/α,β-unsaturated/α-hetero) is 1. The molecule has 1 heterocycles. The molecule has 1 aromatic heterocycles. The van der Waals surface area contributed by atoms with Gasteiger partial charge in [-0.05, 0) is 31.5 Å². The molecule has 1 amide bonds. The van der Waals surface area contributed by atoms with Gasteiger partial charge in [-0.25, -0.2) is 9.97 Å². The SMILES string of the molecule is CC(=O)c1cccc(NC(=O)c2cnc(NC(C)c3ccccc3)cn2)c1. The summed E-state index contributed by atoms with van der Waals surface area (Å²) in [5, 5.41) is 5.98. The quantitative estimate of drug-likeness (QED) is 0.647. The van der Waals surface area contributed by atoms with Gasteiger partial charge in [-0.1, -0.05) is 42.5 Å². The normalized spacial score (nSPS) is 11.5. The molecule has 0 radical (unpaired) electrons. The predicted octanol–water partition coefficient (Wildman–Crippen LogP) is 4.10. The standard InChI is InChI=1S/C21H20N4O2/c1-14(16-7-4-3-5-8-16)24-20-13-22-19(12-23-20)21(27)25-18-10-6-9-17(11-18)15(2)26/h3-14H,1-2H3,(H,23,24)(H,25,27). The highest BCUT2D eigenvalue weighted by Gasteiger charge is 2.11. The van der Waals surface area contributed by atoms with Crippen LogP contribution in [0.3, 0.4) is 0 Å². The van der Waals surface area contributed by atoms with Crippen LogP contribution in [0.1, 0.15) is 46.3 Å². The molecule has 27 heavy (non-hydrogen) atoms. The molecule has 0 saturated carbocycles. The Morgan fingerprint density at radius 3 is 2.41 bits per heavy atom. The molecule has 1 atom stereocenters. The van der Waals surface area contributed by atoms with Crippen molar-refractivity contribution in [1.82, 2.24) is 9.97 Å². The van der Waals surface area contributed by atoms with Gasteiger partial charge in [0.05, 0.1) is 12.4 Å². The maximum absolute atomic E-state index is 12.3. The number of carbonyl (C=O) groups is 2. The first-order valence-electron chi connectivity index (χ1n) is 8.59. The lowest BCUT2D eigenvalue weighted by molar-refractivity contribution is 0.100. The molecule has 1 unspecified atom stereocenters. The van der Waals surface area contributed by atoms with Crippen molar-refractivity contribution in [3.05, 3.63) is 83.8 Å². The lowest BCUT2D eigenvalue weighted by atomic mass is 10.1. The molecule has 6 nitrogen and oxygen atoms in total. The minimum absolute atomic E-state index is 0.0612. The molecule has 0 aliphatic carbocycles. The van der Waals surface area contributed by atoms with Crippen LogP contribution >= 0.6 is 0 Å². The minimum Gasteiger partial charge on any atom is -0.362 e. The second-order valence-corrected chi connectivity index (χ2v) is 6.15. The summed E-state index contributed by atoms with van der Waals surface area (Å²) in [6.07, 6.45) is 2.95. The Morgan fingerprint density at radius 1 is 0.963 bits per heavy atom. The fraction of sp³-hybridized carbons (Fsp3) is 0.143. The molecule has 0 aliphatic heterocycles. The van der Waals surface area contributed by atoms with E-state index in [0.717, 1.165) is 5.56 Å². The maximum Gasteiger partial charge on any atom is 0.275 e. The first-order chi connectivity index (χ1) is 13.0. The van der Waals surface area contributed by atoms with Crippen LogP contribution in [0.2, 0.25) is 0 Å². The average Bonchev–Trinajstić information content (AvgIpc) is 2.69. The summed E-state index contributed by atoms with van der Waals surface area (Å²) >= 11 is 0. The van der Waals surface area contributed by atoms with E-state index in [1.54, 1.807) is 24.3 Å². The number of hydrogen-bond donors (Lipinski definition) is 2. The van der Waals surface area contributed by atoms with Crippen molar-refractivity contribution in [2.45, 2.75) is 19.9 Å². The lowest BCUT2D eigenvalue weighted by Crippen LogP contribution is -2.15. The first kappa shape index (κ1) is 18.3. The smallest absolute Gasteiger partial charge is 0.275 e. The van der Waals surface area contributed by atoms with Gasteiger partial charge in [-0.15, -0.1) is 0 Å². The summed E-state index contributed by atoms with van der Waals surface area (Å²) in [5.74, 6) is 0.140. The van der Waals surface area contributed by atoms with E-state index in [9.17, 15) is 9.59 Å². The number of ketones is 1. The number of nitrogens with zero attached hydrogens (tertiary/aromatic N) is 2. The molecule has 6 heteroatoms. The summed E-state index contributed by atoms with van der Waals surface area (Å²) in [6, 6.07) is 16.8. The highest BCUT2D eigenvalue weighted by molar-refractivity contribution is 6.03. The highest BCUT2D eigenvalue weighted by atomic mass is 16.2. The molecule has 0 bridgehead atoms. The zero-order valence-corrected chi connectivity index (χ0v) is 15.1. The van der Waals surface area contributed by atoms with E-state index >= 15 is 0 Å². The van der Waals surface area contributed by atoms with E-state index < -0.39 is 0 Å². The van der Waals surface area contributed by atoms with Crippen molar-refractivity contribution in [3.63, 3.8) is 0 Å². The molecule has 136 valence electrons. The first-order valence-corrected chi connectivity index (χ1v) is 8.59. The van der Waals surface area contributed by atoms with E-state index in [0.29, 0.717) is 17.1 Å². The summed E-state index contributed by atoms with van der Waals surface area (Å²) in [7, 11) is 0. The Morgan fingerprint density at radius 2 is 1.74 bits per heavy atom. The van der Waals surface area contributed by atoms with Gasteiger partial charge in [0.25, 0.3) is 5.91 Å². The van der Waals surface area contributed by atoms with Crippen molar-refractivity contribution in [2.24, 2.45) is 0 Å². The van der Waals surface area contributed by atoms with Crippen LogP contribution in [0.4, 0.5) is 11.5 Å². The van der Waals surface area contributed by atoms with Gasteiger partial charge in [0.2, 0.25) is 0 Å². The minimum atomic E-state index is -0.383. The van der Waals surface area contributed by atoms with E-state index in [2.05, 4.69) is 20.6 Å². The summed E-state index contributed by atoms with van der Waals surface area (Å²) in [5.41, 5.74) is 2.40. The van der Waals surface area contributed by atoms with Crippen molar-refractivity contribution in [1.29, 1.82) is 0 Å². The van der Waals surface area contributed by atoms with Gasteiger partial charge in [-0.2, -0.15) is 0 Å². The Balaban J connectivity index is 1.65. The molecule has 2 aromatic carbocycles. The Labute approximate surface area is 157 Å². The number of aromatic nitrogens is 2. The second-order valence-electron chi connectivity index (χ2n) is 6.15. The predicted molar refractivity (Wildman–Crippen MR) is 105 cm³/mol. The van der Waals surface area contributed by atoms with Gasteiger partial charge in [-0.3, -0.25) is 9.59 Å². The largest absolute Gasteiger partial charge is 0.362 e. The number of rotatable bonds is 6. The summed E-state index contributed by atoms with van der Waals surface area (Å²) < 4.78 is 0. The van der Waals surface area contributed by atoms with Gasteiger partial charge in [0.15, 0.2) is 5.78 Å². The molecule has 0 aliphatic rings. The zero-order chi connectivity index (χ0) is 19.2. The van der Waals surface area contributed by atoms with Crippen molar-refractivity contribution in [3.8, 4) is 0 Å². The zero-order valence-electron chi connectivity index (χ0n) is 15.1. The van der Waals surface area contributed by atoms with E-state index in [1.165, 1.54) is 19.3 Å². The molecule has 3 aromatic rings. The molecule has 0 fully saturated rings. The molecular weight excluding hydrogens is 340 g/mol. The Bertz CT molecular complexity index is 940. The number of hydrogen-bond acceptors (Lipinski definition) is 5. The number of nitrogens with one attached hydrogen (secondary N) is 2. The fourth-order valence-corrected chi connectivity index (χ4v) is 2.58. The second kappa shape index (κ2) is 8.23. The summed E-state index contributed by atoms with van der Waals surface area (Å²) in [4.78, 5) is 32.2. The van der Waals surface area contributed by atoms with Crippen molar-refractivity contribution < 1.29 is 9.59 Å². The fourth-order valence-electron chi connectivity index (χ4n) is 2.58. The molecule has 0 spiro atoms. The topological polar surface area (TPSA) is 84.0 Å². The van der Waals surface area contributed by atoms with E-state index in [1.807, 2.05) is 37.3 Å². The average molecular weight is 360 g/mol. The van der Waals surface area contributed by atoms with Crippen molar-refractivity contribution in [2.75, 3.05) is 10.6 Å². The van der Waals surface area contributed by atoms with Gasteiger partial charge < -0.3 is 10.6 Å². The van der Waals surface area contributed by atoms with Crippen molar-refractivity contribution >= 4 is 23.2 Å². The third-order valence-corrected chi connectivity index (χ3v) is 4.08. The number of benzene rings is 2. The van der Waals surface area contributed by atoms with Gasteiger partial charge >= 0.3 is 0 Å². The molecule has 3 rings (SSSR count). The monoisotopic (exact) mass is 360 g/mol.